The number of pyridine rings is 1. The Kier molecular flexibility index (Phi) is 12.7. The highest BCUT2D eigenvalue weighted by Gasteiger charge is 2.15. The number of rotatable bonds is 13. The molecule has 2 N–H and O–H groups in total. The number of methoxy groups -OCH3 is 2. The lowest BCUT2D eigenvalue weighted by atomic mass is 10.2. The van der Waals surface area contributed by atoms with Gasteiger partial charge in [-0.25, -0.2) is 33.7 Å². The van der Waals surface area contributed by atoms with Crippen LogP contribution in [0, 0.1) is 18.6 Å². The molecule has 0 atom stereocenters. The van der Waals surface area contributed by atoms with Crippen LogP contribution < -0.4 is 29.6 Å². The maximum atomic E-state index is 14.2. The van der Waals surface area contributed by atoms with Crippen molar-refractivity contribution < 1.29 is 27.7 Å². The van der Waals surface area contributed by atoms with Gasteiger partial charge >= 0.3 is 0 Å². The molecule has 4 aromatic heterocycles. The fraction of sp³-hybridized carbons (Fsp3) is 0.143. The first-order valence-corrected chi connectivity index (χ1v) is 18.7. The molecule has 0 fully saturated rings. The number of anilines is 4. The van der Waals surface area contributed by atoms with Crippen molar-refractivity contribution in [2.45, 2.75) is 20.1 Å². The number of hydrogen-bond acceptors (Lipinski definition) is 12. The predicted octanol–water partition coefficient (Wildman–Crippen LogP) is 9.91. The Bertz CT molecular complexity index is 2730. The van der Waals surface area contributed by atoms with Crippen molar-refractivity contribution in [1.82, 2.24) is 34.5 Å². The van der Waals surface area contributed by atoms with E-state index in [1.165, 1.54) is 24.8 Å². The second kappa shape index (κ2) is 18.6. The molecule has 0 aliphatic carbocycles. The van der Waals surface area contributed by atoms with Gasteiger partial charge in [0.25, 0.3) is 0 Å². The van der Waals surface area contributed by atoms with Crippen LogP contribution in [0.4, 0.5) is 31.8 Å². The first kappa shape index (κ1) is 40.4. The summed E-state index contributed by atoms with van der Waals surface area (Å²) in [6.45, 7) is 3.38. The van der Waals surface area contributed by atoms with Crippen LogP contribution in [-0.4, -0.2) is 55.3 Å². The topological polar surface area (TPSA) is 143 Å². The summed E-state index contributed by atoms with van der Waals surface area (Å²) in [6, 6.07) is 19.6. The van der Waals surface area contributed by atoms with Crippen molar-refractivity contribution in [3.8, 4) is 23.0 Å². The molecule has 59 heavy (non-hydrogen) atoms. The Hall–Kier alpha value is -6.84. The van der Waals surface area contributed by atoms with Crippen LogP contribution in [-0.2, 0) is 13.2 Å². The predicted molar refractivity (Wildman–Crippen MR) is 223 cm³/mol. The molecule has 0 radical (unpaired) electrons. The number of aromatic nitrogens is 7. The Morgan fingerprint density at radius 2 is 1.17 bits per heavy atom. The summed E-state index contributed by atoms with van der Waals surface area (Å²) in [5.74, 6) is 2.99. The highest BCUT2D eigenvalue weighted by molar-refractivity contribution is 6.31. The molecule has 0 bridgehead atoms. The van der Waals surface area contributed by atoms with Gasteiger partial charge in [0.2, 0.25) is 0 Å². The molecule has 17 heteroatoms. The monoisotopic (exact) mass is 837 g/mol. The minimum Gasteiger partial charge on any atom is -0.493 e. The second-order valence-electron chi connectivity index (χ2n) is 12.6. The van der Waals surface area contributed by atoms with E-state index in [0.717, 1.165) is 11.4 Å². The minimum absolute atomic E-state index is 0.256. The molecule has 0 unspecified atom stereocenters. The highest BCUT2D eigenvalue weighted by atomic mass is 35.5. The van der Waals surface area contributed by atoms with Gasteiger partial charge in [-0.3, -0.25) is 4.98 Å². The number of hydrogen-bond donors (Lipinski definition) is 2. The zero-order chi connectivity index (χ0) is 41.3. The van der Waals surface area contributed by atoms with Gasteiger partial charge in [0, 0.05) is 57.7 Å². The van der Waals surface area contributed by atoms with E-state index >= 15 is 0 Å². The van der Waals surface area contributed by atoms with Crippen LogP contribution in [0.3, 0.4) is 0 Å². The second-order valence-corrected chi connectivity index (χ2v) is 13.5. The van der Waals surface area contributed by atoms with E-state index in [1.54, 1.807) is 81.3 Å². The van der Waals surface area contributed by atoms with Gasteiger partial charge < -0.3 is 34.1 Å². The minimum atomic E-state index is -0.478. The SMILES string of the molecule is COc1cc2c(Nc3ccc(Cl)cc3F)ncnc2cc1OCCn1ccnc1C.COc1cc2c(Nc3ccc(Cl)cc3F)ncnc2cc1OCc1ccncc1. The smallest absolute Gasteiger partial charge is 0.163 e. The van der Waals surface area contributed by atoms with Crippen molar-refractivity contribution in [2.75, 3.05) is 31.5 Å². The number of benzene rings is 4. The fourth-order valence-corrected chi connectivity index (χ4v) is 6.16. The molecule has 0 saturated carbocycles. The van der Waals surface area contributed by atoms with Gasteiger partial charge in [-0.1, -0.05) is 23.2 Å². The first-order chi connectivity index (χ1) is 28.7. The van der Waals surface area contributed by atoms with Gasteiger partial charge in [-0.2, -0.15) is 0 Å². The number of imidazole rings is 1. The summed E-state index contributed by atoms with van der Waals surface area (Å²) in [5.41, 5.74) is 2.75. The zero-order valence-corrected chi connectivity index (χ0v) is 33.3. The van der Waals surface area contributed by atoms with Gasteiger partial charge in [0.1, 0.15) is 55.0 Å². The maximum absolute atomic E-state index is 14.2. The Morgan fingerprint density at radius 1 is 0.627 bits per heavy atom. The van der Waals surface area contributed by atoms with Crippen molar-refractivity contribution >= 4 is 68.0 Å². The van der Waals surface area contributed by atoms with Crippen molar-refractivity contribution in [3.63, 3.8) is 0 Å². The Balaban J connectivity index is 0.000000179. The highest BCUT2D eigenvalue weighted by Crippen LogP contribution is 2.37. The molecular weight excluding hydrogens is 803 g/mol. The third-order valence-electron chi connectivity index (χ3n) is 8.87. The van der Waals surface area contributed by atoms with E-state index in [0.29, 0.717) is 86.2 Å². The average molecular weight is 839 g/mol. The number of fused-ring (bicyclic) bond motifs is 2. The molecule has 0 saturated heterocycles. The summed E-state index contributed by atoms with van der Waals surface area (Å²) in [7, 11) is 3.11. The lowest BCUT2D eigenvalue weighted by molar-refractivity contribution is 0.279. The summed E-state index contributed by atoms with van der Waals surface area (Å²) in [6.07, 6.45) is 9.87. The van der Waals surface area contributed by atoms with Crippen molar-refractivity contribution in [3.05, 3.63) is 143 Å². The normalized spacial score (nSPS) is 10.8. The molecule has 0 amide bonds. The third-order valence-corrected chi connectivity index (χ3v) is 9.34. The molecule has 0 aliphatic rings. The van der Waals surface area contributed by atoms with Crippen LogP contribution in [0.15, 0.2) is 110 Å². The molecule has 300 valence electrons. The lowest BCUT2D eigenvalue weighted by Gasteiger charge is -2.14. The molecule has 13 nitrogen and oxygen atoms in total. The first-order valence-electron chi connectivity index (χ1n) is 17.9. The third kappa shape index (κ3) is 9.83. The van der Waals surface area contributed by atoms with Gasteiger partial charge in [0.05, 0.1) is 43.2 Å². The standard InChI is InChI=1S/C21H19ClFN5O2.C21H16ClFN4O2/c1-13-24-5-6-28(13)7-8-30-20-11-18-15(10-19(20)29-2)21(26-12-25-18)27-17-4-3-14(22)9-16(17)23;1-28-19-9-15-18(10-20(19)29-11-13-4-6-24-7-5-13)25-12-26-21(15)27-17-3-2-14(22)8-16(17)23/h3-6,9-12H,7-8H2,1-2H3,(H,25,26,27);2-10,12H,11H2,1H3,(H,25,26,27). The van der Waals surface area contributed by atoms with Crippen LogP contribution in [0.1, 0.15) is 11.4 Å². The van der Waals surface area contributed by atoms with Gasteiger partial charge in [0.15, 0.2) is 23.0 Å². The summed E-state index contributed by atoms with van der Waals surface area (Å²) in [5, 5.41) is 7.94. The molecule has 0 aliphatic heterocycles. The molecule has 4 heterocycles. The summed E-state index contributed by atoms with van der Waals surface area (Å²) in [4.78, 5) is 25.3. The largest absolute Gasteiger partial charge is 0.493 e. The Labute approximate surface area is 347 Å². The summed E-state index contributed by atoms with van der Waals surface area (Å²) < 4.78 is 53.1. The summed E-state index contributed by atoms with van der Waals surface area (Å²) >= 11 is 11.6. The van der Waals surface area contributed by atoms with Crippen LogP contribution in [0.5, 0.6) is 23.0 Å². The number of nitrogens with zero attached hydrogens (tertiary/aromatic N) is 7. The number of aryl methyl sites for hydroxylation is 1. The lowest BCUT2D eigenvalue weighted by Crippen LogP contribution is -2.09. The number of ether oxygens (including phenoxy) is 4. The average Bonchev–Trinajstić information content (AvgIpc) is 3.66. The fourth-order valence-electron chi connectivity index (χ4n) is 5.84. The Morgan fingerprint density at radius 3 is 1.66 bits per heavy atom. The quantitative estimate of drug-likeness (QED) is 0.114. The number of nitrogens with one attached hydrogen (secondary N) is 2. The van der Waals surface area contributed by atoms with E-state index < -0.39 is 11.6 Å². The van der Waals surface area contributed by atoms with Gasteiger partial charge in [-0.05, 0) is 73.2 Å². The number of halogens is 4. The zero-order valence-electron chi connectivity index (χ0n) is 31.8. The van der Waals surface area contributed by atoms with Crippen LogP contribution >= 0.6 is 23.2 Å². The van der Waals surface area contributed by atoms with E-state index in [4.69, 9.17) is 42.1 Å². The molecular formula is C42H35Cl2F2N9O4. The molecule has 0 spiro atoms. The maximum Gasteiger partial charge on any atom is 0.163 e. The van der Waals surface area contributed by atoms with E-state index in [2.05, 4.69) is 40.5 Å². The van der Waals surface area contributed by atoms with Crippen molar-refractivity contribution in [2.24, 2.45) is 0 Å². The van der Waals surface area contributed by atoms with E-state index in [-0.39, 0.29) is 11.4 Å². The van der Waals surface area contributed by atoms with Crippen LogP contribution in [0.2, 0.25) is 10.0 Å². The molecule has 8 aromatic rings. The van der Waals surface area contributed by atoms with E-state index in [1.807, 2.05) is 29.8 Å². The van der Waals surface area contributed by atoms with Crippen molar-refractivity contribution in [1.29, 1.82) is 0 Å². The van der Waals surface area contributed by atoms with Gasteiger partial charge in [-0.15, -0.1) is 0 Å². The molecule has 4 aromatic carbocycles. The van der Waals surface area contributed by atoms with E-state index in [9.17, 15) is 8.78 Å². The molecule has 8 rings (SSSR count). The van der Waals surface area contributed by atoms with Crippen LogP contribution in [0.25, 0.3) is 21.8 Å².